The maximum atomic E-state index is 12.5. The molecule has 2 amide bonds. The first-order chi connectivity index (χ1) is 15.2. The molecule has 0 radical (unpaired) electrons. The molecule has 174 valence electrons. The first-order valence-electron chi connectivity index (χ1n) is 10.6. The van der Waals surface area contributed by atoms with Crippen molar-refractivity contribution in [3.05, 3.63) is 39.7 Å². The van der Waals surface area contributed by atoms with E-state index in [1.165, 1.54) is 11.9 Å². The second-order valence-corrected chi connectivity index (χ2v) is 7.94. The van der Waals surface area contributed by atoms with Crippen LogP contribution in [0.2, 0.25) is 0 Å². The zero-order valence-corrected chi connectivity index (χ0v) is 18.8. The lowest BCUT2D eigenvalue weighted by atomic mass is 10.1. The van der Waals surface area contributed by atoms with Crippen molar-refractivity contribution in [1.82, 2.24) is 15.3 Å². The van der Waals surface area contributed by atoms with E-state index in [2.05, 4.69) is 40.5 Å². The van der Waals surface area contributed by atoms with Gasteiger partial charge in [-0.15, -0.1) is 0 Å². The van der Waals surface area contributed by atoms with E-state index < -0.39 is 22.8 Å². The van der Waals surface area contributed by atoms with E-state index >= 15 is 0 Å². The minimum absolute atomic E-state index is 0.0773. The van der Waals surface area contributed by atoms with Crippen LogP contribution in [0.4, 0.5) is 17.3 Å². The monoisotopic (exact) mass is 445 g/mol. The summed E-state index contributed by atoms with van der Waals surface area (Å²) in [5.74, 6) is -0.907. The first kappa shape index (κ1) is 24.8. The molecule has 2 heterocycles. The molecule has 1 atom stereocenters. The van der Waals surface area contributed by atoms with Crippen LogP contribution in [0.5, 0.6) is 0 Å². The summed E-state index contributed by atoms with van der Waals surface area (Å²) in [6.07, 6.45) is 8.37. The SMILES string of the molecule is CC(C)=CCCC(C)=CCNc1ncnc(N2CCCC2C(=O)NCC(N)=O)c1[N+](=O)[O-]. The van der Waals surface area contributed by atoms with Gasteiger partial charge in [-0.25, -0.2) is 9.97 Å². The molecule has 1 aliphatic rings. The van der Waals surface area contributed by atoms with Crippen LogP contribution in [0.1, 0.15) is 46.5 Å². The van der Waals surface area contributed by atoms with Gasteiger partial charge < -0.3 is 21.3 Å². The summed E-state index contributed by atoms with van der Waals surface area (Å²) in [4.78, 5) is 44.5. The Labute approximate surface area is 187 Å². The van der Waals surface area contributed by atoms with E-state index in [1.807, 2.05) is 13.0 Å². The fourth-order valence-corrected chi connectivity index (χ4v) is 3.47. The third-order valence-electron chi connectivity index (χ3n) is 5.06. The Balaban J connectivity index is 2.17. The minimum Gasteiger partial charge on any atom is -0.368 e. The number of allylic oxidation sites excluding steroid dienone is 3. The van der Waals surface area contributed by atoms with Crippen LogP contribution in [0, 0.1) is 10.1 Å². The zero-order chi connectivity index (χ0) is 23.7. The van der Waals surface area contributed by atoms with Crippen molar-refractivity contribution in [2.45, 2.75) is 52.5 Å². The highest BCUT2D eigenvalue weighted by molar-refractivity contribution is 5.90. The maximum absolute atomic E-state index is 12.5. The van der Waals surface area contributed by atoms with Crippen molar-refractivity contribution in [1.29, 1.82) is 0 Å². The quantitative estimate of drug-likeness (QED) is 0.265. The number of rotatable bonds is 11. The fourth-order valence-electron chi connectivity index (χ4n) is 3.47. The fraction of sp³-hybridized carbons (Fsp3) is 0.524. The Morgan fingerprint density at radius 2 is 2.06 bits per heavy atom. The zero-order valence-electron chi connectivity index (χ0n) is 18.8. The van der Waals surface area contributed by atoms with E-state index in [9.17, 15) is 19.7 Å². The summed E-state index contributed by atoms with van der Waals surface area (Å²) in [5, 5.41) is 17.3. The molecule has 32 heavy (non-hydrogen) atoms. The standard InChI is InChI=1S/C21H31N7O4/c1-14(2)6-4-7-15(3)9-10-23-19-18(28(31)32)20(26-13-25-19)27-11-5-8-16(27)21(30)24-12-17(22)29/h6,9,13,16H,4-5,7-8,10-12H2,1-3H3,(H2,22,29)(H,24,30)(H,23,25,26). The number of anilines is 2. The molecule has 1 unspecified atom stereocenters. The highest BCUT2D eigenvalue weighted by Gasteiger charge is 2.37. The normalized spacial score (nSPS) is 15.9. The molecule has 0 aromatic carbocycles. The van der Waals surface area contributed by atoms with Gasteiger partial charge in [0.1, 0.15) is 12.4 Å². The van der Waals surface area contributed by atoms with E-state index in [0.717, 1.165) is 18.4 Å². The van der Waals surface area contributed by atoms with E-state index in [4.69, 9.17) is 5.73 Å². The number of amides is 2. The van der Waals surface area contributed by atoms with Gasteiger partial charge in [-0.05, 0) is 46.5 Å². The van der Waals surface area contributed by atoms with Crippen LogP contribution >= 0.6 is 0 Å². The van der Waals surface area contributed by atoms with Gasteiger partial charge in [0.05, 0.1) is 11.5 Å². The predicted octanol–water partition coefficient (Wildman–Crippen LogP) is 2.06. The average molecular weight is 446 g/mol. The summed E-state index contributed by atoms with van der Waals surface area (Å²) in [7, 11) is 0. The molecule has 1 aromatic heterocycles. The molecule has 1 fully saturated rings. The number of primary amides is 1. The topological polar surface area (TPSA) is 156 Å². The smallest absolute Gasteiger partial charge is 0.353 e. The summed E-state index contributed by atoms with van der Waals surface area (Å²) in [6, 6.07) is -0.673. The van der Waals surface area contributed by atoms with Crippen molar-refractivity contribution in [2.24, 2.45) is 5.73 Å². The lowest BCUT2D eigenvalue weighted by Gasteiger charge is -2.24. The number of hydrogen-bond acceptors (Lipinski definition) is 8. The number of nitrogens with zero attached hydrogens (tertiary/aromatic N) is 4. The van der Waals surface area contributed by atoms with Crippen molar-refractivity contribution < 1.29 is 14.5 Å². The Bertz CT molecular complexity index is 909. The van der Waals surface area contributed by atoms with Crippen molar-refractivity contribution >= 4 is 29.1 Å². The molecule has 1 saturated heterocycles. The van der Waals surface area contributed by atoms with Crippen molar-refractivity contribution in [3.8, 4) is 0 Å². The molecule has 0 saturated carbocycles. The minimum atomic E-state index is -0.673. The van der Waals surface area contributed by atoms with E-state index in [-0.39, 0.29) is 23.9 Å². The van der Waals surface area contributed by atoms with Gasteiger partial charge in [0.15, 0.2) is 0 Å². The van der Waals surface area contributed by atoms with Gasteiger partial charge in [-0.3, -0.25) is 19.7 Å². The number of nitrogens with two attached hydrogens (primary N) is 1. The molecule has 1 aliphatic heterocycles. The molecular weight excluding hydrogens is 414 g/mol. The summed E-state index contributed by atoms with van der Waals surface area (Å²) in [5.41, 5.74) is 7.24. The second kappa shape index (κ2) is 11.8. The van der Waals surface area contributed by atoms with Gasteiger partial charge in [-0.2, -0.15) is 0 Å². The molecule has 1 aromatic rings. The average Bonchev–Trinajstić information content (AvgIpc) is 3.21. The molecule has 11 nitrogen and oxygen atoms in total. The molecular formula is C21H31N7O4. The third kappa shape index (κ3) is 7.03. The summed E-state index contributed by atoms with van der Waals surface area (Å²) in [6.45, 7) is 6.63. The van der Waals surface area contributed by atoms with Crippen LogP contribution in [0.25, 0.3) is 0 Å². The highest BCUT2D eigenvalue weighted by Crippen LogP contribution is 2.35. The molecule has 4 N–H and O–H groups in total. The number of carbonyl (C=O) groups excluding carboxylic acids is 2. The lowest BCUT2D eigenvalue weighted by Crippen LogP contribution is -2.46. The van der Waals surface area contributed by atoms with Gasteiger partial charge in [-0.1, -0.05) is 23.3 Å². The lowest BCUT2D eigenvalue weighted by molar-refractivity contribution is -0.383. The molecule has 2 rings (SSSR count). The van der Waals surface area contributed by atoms with E-state index in [0.29, 0.717) is 25.9 Å². The third-order valence-corrected chi connectivity index (χ3v) is 5.06. The van der Waals surface area contributed by atoms with Gasteiger partial charge in [0, 0.05) is 13.1 Å². The highest BCUT2D eigenvalue weighted by atomic mass is 16.6. The van der Waals surface area contributed by atoms with Crippen molar-refractivity contribution in [2.75, 3.05) is 29.9 Å². The van der Waals surface area contributed by atoms with Gasteiger partial charge in [0.25, 0.3) is 0 Å². The molecule has 11 heteroatoms. The van der Waals surface area contributed by atoms with Crippen LogP contribution in [0.15, 0.2) is 29.6 Å². The Morgan fingerprint density at radius 3 is 2.72 bits per heavy atom. The predicted molar refractivity (Wildman–Crippen MR) is 122 cm³/mol. The maximum Gasteiger partial charge on any atom is 0.353 e. The van der Waals surface area contributed by atoms with Crippen LogP contribution in [-0.4, -0.2) is 52.4 Å². The Morgan fingerprint density at radius 1 is 1.31 bits per heavy atom. The number of hydrogen-bond donors (Lipinski definition) is 3. The van der Waals surface area contributed by atoms with Gasteiger partial charge >= 0.3 is 5.69 Å². The van der Waals surface area contributed by atoms with Gasteiger partial charge in [0.2, 0.25) is 23.5 Å². The largest absolute Gasteiger partial charge is 0.368 e. The van der Waals surface area contributed by atoms with Crippen LogP contribution in [-0.2, 0) is 9.59 Å². The molecule has 0 aliphatic carbocycles. The summed E-state index contributed by atoms with van der Waals surface area (Å²) < 4.78 is 0. The first-order valence-corrected chi connectivity index (χ1v) is 10.6. The van der Waals surface area contributed by atoms with Crippen LogP contribution in [0.3, 0.4) is 0 Å². The number of carbonyl (C=O) groups is 2. The Kier molecular flexibility index (Phi) is 9.11. The Hall–Kier alpha value is -3.50. The molecule has 0 bridgehead atoms. The second-order valence-electron chi connectivity index (χ2n) is 7.94. The van der Waals surface area contributed by atoms with Crippen LogP contribution < -0.4 is 21.3 Å². The van der Waals surface area contributed by atoms with Crippen molar-refractivity contribution in [3.63, 3.8) is 0 Å². The number of nitro groups is 1. The molecule has 0 spiro atoms. The van der Waals surface area contributed by atoms with E-state index in [1.54, 1.807) is 4.90 Å². The number of nitrogens with one attached hydrogen (secondary N) is 2. The summed E-state index contributed by atoms with van der Waals surface area (Å²) >= 11 is 0. The number of aromatic nitrogens is 2.